The number of carbonyl (C=O) groups excluding carboxylic acids is 1. The van der Waals surface area contributed by atoms with Crippen LogP contribution in [0.3, 0.4) is 0 Å². The van der Waals surface area contributed by atoms with E-state index in [0.717, 1.165) is 37.2 Å². The first kappa shape index (κ1) is 12.5. The van der Waals surface area contributed by atoms with Gasteiger partial charge in [0.15, 0.2) is 5.78 Å². The number of thiol groups is 1. The lowest BCUT2D eigenvalue weighted by Gasteiger charge is -2.27. The van der Waals surface area contributed by atoms with Crippen LogP contribution in [0.25, 0.3) is 0 Å². The molecule has 1 heterocycles. The summed E-state index contributed by atoms with van der Waals surface area (Å²) in [6.07, 6.45) is 1.79. The Morgan fingerprint density at radius 3 is 2.41 bits per heavy atom. The number of methoxy groups -OCH3 is 1. The fourth-order valence-corrected chi connectivity index (χ4v) is 2.35. The van der Waals surface area contributed by atoms with Crippen molar-refractivity contribution in [2.45, 2.75) is 12.8 Å². The number of Topliss-reactive ketones (excluding diaryl/α,β-unsaturated/α-hetero) is 1. The van der Waals surface area contributed by atoms with Gasteiger partial charge in [-0.05, 0) is 37.1 Å². The minimum absolute atomic E-state index is 0.145. The molecule has 1 aromatic rings. The van der Waals surface area contributed by atoms with Gasteiger partial charge < -0.3 is 4.74 Å². The van der Waals surface area contributed by atoms with E-state index in [4.69, 9.17) is 4.74 Å². The van der Waals surface area contributed by atoms with E-state index in [1.54, 1.807) is 7.11 Å². The Bertz CT molecular complexity index is 383. The van der Waals surface area contributed by atoms with Gasteiger partial charge >= 0.3 is 0 Å². The molecule has 3 nitrogen and oxygen atoms in total. The summed E-state index contributed by atoms with van der Waals surface area (Å²) in [6.45, 7) is 1.77. The number of carbonyl (C=O) groups is 1. The van der Waals surface area contributed by atoms with Crippen LogP contribution >= 0.6 is 12.8 Å². The second-order valence-corrected chi connectivity index (χ2v) is 4.89. The molecular weight excluding hydrogens is 234 g/mol. The van der Waals surface area contributed by atoms with Gasteiger partial charge in [0.05, 0.1) is 7.11 Å². The number of piperidine rings is 1. The zero-order valence-corrected chi connectivity index (χ0v) is 10.8. The van der Waals surface area contributed by atoms with E-state index in [-0.39, 0.29) is 11.7 Å². The molecule has 1 aromatic carbocycles. The van der Waals surface area contributed by atoms with Gasteiger partial charge in [0.2, 0.25) is 0 Å². The summed E-state index contributed by atoms with van der Waals surface area (Å²) in [7, 11) is 1.62. The van der Waals surface area contributed by atoms with Crippen molar-refractivity contribution in [1.82, 2.24) is 4.31 Å². The van der Waals surface area contributed by atoms with Crippen LogP contribution in [-0.4, -0.2) is 30.3 Å². The summed E-state index contributed by atoms with van der Waals surface area (Å²) in [5.74, 6) is 1.17. The normalized spacial score (nSPS) is 18.0. The lowest BCUT2D eigenvalue weighted by atomic mass is 9.89. The Morgan fingerprint density at radius 2 is 1.88 bits per heavy atom. The van der Waals surface area contributed by atoms with Crippen molar-refractivity contribution in [3.05, 3.63) is 29.8 Å². The molecule has 0 N–H and O–H groups in total. The van der Waals surface area contributed by atoms with Gasteiger partial charge in [-0.1, -0.05) is 12.8 Å². The zero-order chi connectivity index (χ0) is 12.3. The minimum atomic E-state index is 0.145. The van der Waals surface area contributed by atoms with Crippen molar-refractivity contribution in [3.63, 3.8) is 0 Å². The van der Waals surface area contributed by atoms with Crippen molar-refractivity contribution in [3.8, 4) is 5.75 Å². The van der Waals surface area contributed by atoms with Gasteiger partial charge in [-0.15, -0.1) is 0 Å². The average molecular weight is 251 g/mol. The van der Waals surface area contributed by atoms with E-state index < -0.39 is 0 Å². The number of rotatable bonds is 3. The van der Waals surface area contributed by atoms with Crippen molar-refractivity contribution >= 4 is 18.6 Å². The fraction of sp³-hybridized carbons (Fsp3) is 0.462. The van der Waals surface area contributed by atoms with Crippen LogP contribution in [0.4, 0.5) is 0 Å². The molecule has 0 amide bonds. The number of nitrogens with zero attached hydrogens (tertiary/aromatic N) is 1. The molecule has 0 bridgehead atoms. The number of benzene rings is 1. The maximum atomic E-state index is 12.2. The summed E-state index contributed by atoms with van der Waals surface area (Å²) in [5, 5.41) is 0. The summed E-state index contributed by atoms with van der Waals surface area (Å²) < 4.78 is 7.05. The minimum Gasteiger partial charge on any atom is -0.497 e. The summed E-state index contributed by atoms with van der Waals surface area (Å²) >= 11 is 4.29. The lowest BCUT2D eigenvalue weighted by Crippen LogP contribution is -2.30. The topological polar surface area (TPSA) is 29.5 Å². The molecule has 0 atom stereocenters. The number of hydrogen-bond acceptors (Lipinski definition) is 4. The quantitative estimate of drug-likeness (QED) is 0.661. The molecule has 17 heavy (non-hydrogen) atoms. The summed E-state index contributed by atoms with van der Waals surface area (Å²) in [6, 6.07) is 7.35. The van der Waals surface area contributed by atoms with Gasteiger partial charge in [0.25, 0.3) is 0 Å². The lowest BCUT2D eigenvalue weighted by molar-refractivity contribution is 0.0879. The third-order valence-corrected chi connectivity index (χ3v) is 3.62. The predicted molar refractivity (Wildman–Crippen MR) is 70.6 cm³/mol. The maximum absolute atomic E-state index is 12.2. The SMILES string of the molecule is COc1ccc(C(=O)C2CCN(S)CC2)cc1. The average Bonchev–Trinajstić information content (AvgIpc) is 2.39. The molecule has 0 aromatic heterocycles. The molecule has 1 aliphatic heterocycles. The molecule has 1 fully saturated rings. The molecule has 4 heteroatoms. The van der Waals surface area contributed by atoms with Crippen LogP contribution in [0.2, 0.25) is 0 Å². The first-order valence-corrected chi connectivity index (χ1v) is 6.23. The van der Waals surface area contributed by atoms with Gasteiger partial charge in [-0.2, -0.15) is 0 Å². The molecule has 0 radical (unpaired) electrons. The van der Waals surface area contributed by atoms with Gasteiger partial charge in [0.1, 0.15) is 5.75 Å². The first-order chi connectivity index (χ1) is 8.20. The first-order valence-electron chi connectivity index (χ1n) is 5.83. The van der Waals surface area contributed by atoms with E-state index >= 15 is 0 Å². The highest BCUT2D eigenvalue weighted by atomic mass is 32.1. The van der Waals surface area contributed by atoms with E-state index in [2.05, 4.69) is 12.8 Å². The number of ether oxygens (including phenoxy) is 1. The van der Waals surface area contributed by atoms with Crippen LogP contribution in [-0.2, 0) is 0 Å². The molecule has 2 rings (SSSR count). The van der Waals surface area contributed by atoms with Crippen LogP contribution in [0.5, 0.6) is 5.75 Å². The third-order valence-electron chi connectivity index (χ3n) is 3.22. The molecule has 0 aliphatic carbocycles. The highest BCUT2D eigenvalue weighted by molar-refractivity contribution is 7.77. The molecule has 0 spiro atoms. The molecule has 92 valence electrons. The summed E-state index contributed by atoms with van der Waals surface area (Å²) in [4.78, 5) is 12.2. The largest absolute Gasteiger partial charge is 0.497 e. The van der Waals surface area contributed by atoms with Gasteiger partial charge in [-0.3, -0.25) is 9.10 Å². The fourth-order valence-electron chi connectivity index (χ4n) is 2.12. The van der Waals surface area contributed by atoms with Crippen LogP contribution in [0.15, 0.2) is 24.3 Å². The van der Waals surface area contributed by atoms with Crippen molar-refractivity contribution in [2.24, 2.45) is 5.92 Å². The van der Waals surface area contributed by atoms with Crippen molar-refractivity contribution in [2.75, 3.05) is 20.2 Å². The second-order valence-electron chi connectivity index (χ2n) is 4.32. The van der Waals surface area contributed by atoms with E-state index in [0.29, 0.717) is 0 Å². The Morgan fingerprint density at radius 1 is 1.29 bits per heavy atom. The predicted octanol–water partition coefficient (Wildman–Crippen LogP) is 2.43. The molecule has 1 saturated heterocycles. The Kier molecular flexibility index (Phi) is 4.07. The highest BCUT2D eigenvalue weighted by Gasteiger charge is 2.24. The van der Waals surface area contributed by atoms with E-state index in [1.807, 2.05) is 28.6 Å². The van der Waals surface area contributed by atoms with Crippen molar-refractivity contribution in [1.29, 1.82) is 0 Å². The molecule has 1 aliphatic rings. The van der Waals surface area contributed by atoms with E-state index in [1.165, 1.54) is 0 Å². The Balaban J connectivity index is 2.03. The van der Waals surface area contributed by atoms with Crippen molar-refractivity contribution < 1.29 is 9.53 Å². The summed E-state index contributed by atoms with van der Waals surface area (Å²) in [5.41, 5.74) is 0.781. The standard InChI is InChI=1S/C13H17NO2S/c1-16-12-4-2-10(3-5-12)13(15)11-6-8-14(17)9-7-11/h2-5,11,17H,6-9H2,1H3. The van der Waals surface area contributed by atoms with Gasteiger partial charge in [0, 0.05) is 24.6 Å². The maximum Gasteiger partial charge on any atom is 0.166 e. The smallest absolute Gasteiger partial charge is 0.166 e. The van der Waals surface area contributed by atoms with Crippen LogP contribution in [0.1, 0.15) is 23.2 Å². The second kappa shape index (κ2) is 5.56. The Labute approximate surface area is 107 Å². The zero-order valence-electron chi connectivity index (χ0n) is 9.93. The van der Waals surface area contributed by atoms with Crippen LogP contribution in [0, 0.1) is 5.92 Å². The van der Waals surface area contributed by atoms with E-state index in [9.17, 15) is 4.79 Å². The monoisotopic (exact) mass is 251 g/mol. The third kappa shape index (κ3) is 3.01. The molecule has 0 saturated carbocycles. The number of hydrogen-bond donors (Lipinski definition) is 1. The van der Waals surface area contributed by atoms with Gasteiger partial charge in [-0.25, -0.2) is 0 Å². The van der Waals surface area contributed by atoms with Crippen LogP contribution < -0.4 is 4.74 Å². The Hall–Kier alpha value is -1.00. The number of ketones is 1. The highest BCUT2D eigenvalue weighted by Crippen LogP contribution is 2.23. The molecule has 0 unspecified atom stereocenters. The molecular formula is C13H17NO2S.